The van der Waals surface area contributed by atoms with E-state index in [0.29, 0.717) is 25.7 Å². The van der Waals surface area contributed by atoms with Crippen LogP contribution in [0, 0.1) is 11.8 Å². The number of ether oxygens (including phenoxy) is 4. The molecule has 6 atom stereocenters. The molecular weight excluding hydrogens is 1430 g/mol. The Kier molecular flexibility index (Phi) is 80.7. The first kappa shape index (κ1) is 108. The summed E-state index contributed by atoms with van der Waals surface area (Å²) < 4.78 is 68.9. The Morgan fingerprint density at radius 2 is 0.464 bits per heavy atom. The number of rotatable bonds is 90. The van der Waals surface area contributed by atoms with Gasteiger partial charge in [0.05, 0.1) is 26.4 Å². The maximum Gasteiger partial charge on any atom is 0.472 e. The van der Waals surface area contributed by atoms with Crippen LogP contribution >= 0.6 is 15.6 Å². The van der Waals surface area contributed by atoms with Gasteiger partial charge in [-0.15, -0.1) is 0 Å². The Labute approximate surface area is 677 Å². The summed E-state index contributed by atoms with van der Waals surface area (Å²) >= 11 is 0. The van der Waals surface area contributed by atoms with E-state index in [9.17, 15) is 43.2 Å². The molecule has 0 aliphatic rings. The first-order chi connectivity index (χ1) is 53.4. The van der Waals surface area contributed by atoms with E-state index in [1.54, 1.807) is 0 Å². The van der Waals surface area contributed by atoms with E-state index in [-0.39, 0.29) is 25.7 Å². The molecule has 110 heavy (non-hydrogen) atoms. The Hall–Kier alpha value is -1.94. The highest BCUT2D eigenvalue weighted by Crippen LogP contribution is 2.45. The lowest BCUT2D eigenvalue weighted by Crippen LogP contribution is -2.30. The molecule has 0 saturated heterocycles. The highest BCUT2D eigenvalue weighted by Gasteiger charge is 2.31. The number of hydrogen-bond donors (Lipinski definition) is 3. The van der Waals surface area contributed by atoms with Gasteiger partial charge in [-0.1, -0.05) is 440 Å². The minimum atomic E-state index is -4.97. The van der Waals surface area contributed by atoms with Crippen molar-refractivity contribution in [2.45, 2.75) is 509 Å². The molecule has 17 nitrogen and oxygen atoms in total. The van der Waals surface area contributed by atoms with Crippen molar-refractivity contribution < 1.29 is 80.2 Å². The zero-order valence-electron chi connectivity index (χ0n) is 72.6. The molecule has 3 N–H and O–H groups in total. The van der Waals surface area contributed by atoms with Gasteiger partial charge in [0.2, 0.25) is 0 Å². The van der Waals surface area contributed by atoms with Gasteiger partial charge in [-0.3, -0.25) is 37.3 Å². The number of carbonyl (C=O) groups excluding carboxylic acids is 4. The minimum absolute atomic E-state index is 0.109. The zero-order chi connectivity index (χ0) is 80.6. The van der Waals surface area contributed by atoms with Gasteiger partial charge < -0.3 is 33.8 Å². The lowest BCUT2D eigenvalue weighted by atomic mass is 9.99. The van der Waals surface area contributed by atoms with Gasteiger partial charge in [-0.05, 0) is 37.5 Å². The van der Waals surface area contributed by atoms with E-state index in [1.807, 2.05) is 0 Å². The number of aliphatic hydroxyl groups is 1. The van der Waals surface area contributed by atoms with Crippen LogP contribution in [0.5, 0.6) is 0 Å². The quantitative estimate of drug-likeness (QED) is 0.0222. The predicted molar refractivity (Wildman–Crippen MR) is 455 cm³/mol. The topological polar surface area (TPSA) is 237 Å². The first-order valence-corrected chi connectivity index (χ1v) is 50.0. The Morgan fingerprint density at radius 1 is 0.264 bits per heavy atom. The maximum absolute atomic E-state index is 13.2. The van der Waals surface area contributed by atoms with Gasteiger partial charge in [0.15, 0.2) is 12.2 Å². The van der Waals surface area contributed by atoms with Crippen molar-refractivity contribution in [3.05, 3.63) is 0 Å². The summed E-state index contributed by atoms with van der Waals surface area (Å²) in [5, 5.41) is 10.7. The van der Waals surface area contributed by atoms with Crippen molar-refractivity contribution in [1.82, 2.24) is 0 Å². The van der Waals surface area contributed by atoms with Gasteiger partial charge in [-0.2, -0.15) is 0 Å². The second-order valence-corrected chi connectivity index (χ2v) is 36.3. The van der Waals surface area contributed by atoms with E-state index in [2.05, 4.69) is 41.5 Å². The van der Waals surface area contributed by atoms with Crippen molar-refractivity contribution in [2.75, 3.05) is 39.6 Å². The van der Waals surface area contributed by atoms with E-state index < -0.39 is 97.5 Å². The van der Waals surface area contributed by atoms with E-state index >= 15 is 0 Å². The molecule has 0 spiro atoms. The van der Waals surface area contributed by atoms with Crippen LogP contribution in [-0.4, -0.2) is 96.7 Å². The average molecular weight is 1610 g/mol. The first-order valence-electron chi connectivity index (χ1n) is 47.0. The zero-order valence-corrected chi connectivity index (χ0v) is 74.4. The van der Waals surface area contributed by atoms with Crippen LogP contribution < -0.4 is 0 Å². The molecule has 0 saturated carbocycles. The molecule has 0 bridgehead atoms. The van der Waals surface area contributed by atoms with E-state index in [1.165, 1.54) is 295 Å². The number of phosphoric ester groups is 2. The number of unbranched alkanes of at least 4 members (excludes halogenated alkanes) is 59. The molecule has 0 fully saturated rings. The summed E-state index contributed by atoms with van der Waals surface area (Å²) in [6, 6.07) is 0. The average Bonchev–Trinajstić information content (AvgIpc) is 0.898. The fourth-order valence-electron chi connectivity index (χ4n) is 14.3. The predicted octanol–water partition coefficient (Wildman–Crippen LogP) is 28.2. The van der Waals surface area contributed by atoms with Crippen LogP contribution in [0.2, 0.25) is 0 Å². The highest BCUT2D eigenvalue weighted by molar-refractivity contribution is 7.47. The van der Waals surface area contributed by atoms with Crippen molar-refractivity contribution in [3.8, 4) is 0 Å². The second-order valence-electron chi connectivity index (χ2n) is 33.4. The third-order valence-electron chi connectivity index (χ3n) is 21.8. The summed E-state index contributed by atoms with van der Waals surface area (Å²) in [6.45, 7) is 9.76. The van der Waals surface area contributed by atoms with E-state index in [0.717, 1.165) is 115 Å². The normalized spacial score (nSPS) is 14.0. The van der Waals surface area contributed by atoms with Crippen molar-refractivity contribution in [3.63, 3.8) is 0 Å². The molecule has 0 rings (SSSR count). The lowest BCUT2D eigenvalue weighted by Gasteiger charge is -2.21. The van der Waals surface area contributed by atoms with Crippen molar-refractivity contribution >= 4 is 39.5 Å². The second kappa shape index (κ2) is 82.2. The molecule has 0 aromatic carbocycles. The summed E-state index contributed by atoms with van der Waals surface area (Å²) in [4.78, 5) is 73.2. The maximum atomic E-state index is 13.2. The van der Waals surface area contributed by atoms with Gasteiger partial charge in [0.1, 0.15) is 19.3 Å². The Morgan fingerprint density at radius 3 is 0.691 bits per heavy atom. The fourth-order valence-corrected chi connectivity index (χ4v) is 15.9. The number of hydrogen-bond acceptors (Lipinski definition) is 15. The third kappa shape index (κ3) is 82.6. The minimum Gasteiger partial charge on any atom is -0.462 e. The molecule has 0 radical (unpaired) electrons. The van der Waals surface area contributed by atoms with Crippen LogP contribution in [0.3, 0.4) is 0 Å². The molecule has 3 unspecified atom stereocenters. The molecule has 0 amide bonds. The largest absolute Gasteiger partial charge is 0.472 e. The standard InChI is InChI=1S/C91H178O17P2/c1-7-10-12-14-16-17-18-19-20-21-22-23-31-36-41-46-51-57-63-69-75-90(95)107-86(79-101-88(93)73-67-61-53-15-13-11-8-2)81-105-109(97,98)103-77-85(92)78-104-110(99,100)106-82-87(80-102-89(94)74-68-62-56-50-45-40-35-30-26-24-28-33-38-43-48-54-59-65-71-83(4)5)108-91(96)76-70-64-58-52-47-42-37-32-27-25-29-34-39-44-49-55-60-66-72-84(6)9-3/h83-87,92H,7-82H2,1-6H3,(H,97,98)(H,99,100)/t84?,85-,86+,87+/m0/s1. The molecule has 0 aromatic rings. The van der Waals surface area contributed by atoms with Crippen molar-refractivity contribution in [1.29, 1.82) is 0 Å². The van der Waals surface area contributed by atoms with Crippen LogP contribution in [0.15, 0.2) is 0 Å². The SMILES string of the molecule is CCCCCCCCCCCCCCCCCCCCCCC(=O)O[C@H](COC(=O)CCCCCCCCC)COP(=O)(O)OC[C@H](O)COP(=O)(O)OC[C@@H](COC(=O)CCCCCCCCCCCCCCCCCCCCC(C)C)OC(=O)CCCCCCCCCCCCCCCCCCCCC(C)CC. The summed E-state index contributed by atoms with van der Waals surface area (Å²) in [5.74, 6) is -0.408. The molecule has 0 aromatic heterocycles. The molecule has 0 heterocycles. The van der Waals surface area contributed by atoms with Crippen LogP contribution in [0.1, 0.15) is 491 Å². The monoisotopic (exact) mass is 1610 g/mol. The van der Waals surface area contributed by atoms with Gasteiger partial charge in [0, 0.05) is 25.7 Å². The van der Waals surface area contributed by atoms with Gasteiger partial charge >= 0.3 is 39.5 Å². The molecular formula is C91H178O17P2. The van der Waals surface area contributed by atoms with Crippen LogP contribution in [-0.2, 0) is 65.4 Å². The number of phosphoric acid groups is 2. The molecule has 19 heteroatoms. The smallest absolute Gasteiger partial charge is 0.462 e. The number of esters is 4. The van der Waals surface area contributed by atoms with Gasteiger partial charge in [-0.25, -0.2) is 9.13 Å². The molecule has 0 aliphatic carbocycles. The summed E-state index contributed by atoms with van der Waals surface area (Å²) in [6.07, 6.45) is 76.7. The molecule has 0 aliphatic heterocycles. The number of carbonyl (C=O) groups is 4. The number of aliphatic hydroxyl groups excluding tert-OH is 1. The van der Waals surface area contributed by atoms with Gasteiger partial charge in [0.25, 0.3) is 0 Å². The highest BCUT2D eigenvalue weighted by atomic mass is 31.2. The fraction of sp³-hybridized carbons (Fsp3) is 0.956. The Bertz CT molecular complexity index is 2100. The third-order valence-corrected chi connectivity index (χ3v) is 23.7. The summed E-state index contributed by atoms with van der Waals surface area (Å²) in [7, 11) is -9.93. The van der Waals surface area contributed by atoms with E-state index in [4.69, 9.17) is 37.0 Å². The van der Waals surface area contributed by atoms with Crippen molar-refractivity contribution in [2.24, 2.45) is 11.8 Å². The Balaban J connectivity index is 5.14. The van der Waals surface area contributed by atoms with Crippen LogP contribution in [0.25, 0.3) is 0 Å². The summed E-state index contributed by atoms with van der Waals surface area (Å²) in [5.41, 5.74) is 0. The molecule has 654 valence electrons. The lowest BCUT2D eigenvalue weighted by molar-refractivity contribution is -0.161. The van der Waals surface area contributed by atoms with Crippen LogP contribution in [0.4, 0.5) is 0 Å².